The highest BCUT2D eigenvalue weighted by Gasteiger charge is 2.31. The largest absolute Gasteiger partial charge is 0.416 e. The summed E-state index contributed by atoms with van der Waals surface area (Å²) in [4.78, 5) is 16.1. The Morgan fingerprint density at radius 2 is 1.71 bits per heavy atom. The van der Waals surface area contributed by atoms with Gasteiger partial charge >= 0.3 is 6.18 Å². The number of rotatable bonds is 6. The average Bonchev–Trinajstić information content (AvgIpc) is 2.68. The van der Waals surface area contributed by atoms with E-state index in [9.17, 15) is 18.0 Å². The summed E-state index contributed by atoms with van der Waals surface area (Å²) in [5, 5.41) is 2.94. The summed E-state index contributed by atoms with van der Waals surface area (Å²) in [6, 6.07) is 13.1. The number of nitrogens with two attached hydrogens (primary N) is 1. The number of piperazine rings is 1. The van der Waals surface area contributed by atoms with Crippen LogP contribution < -0.4 is 16.0 Å². The van der Waals surface area contributed by atoms with Gasteiger partial charge in [0, 0.05) is 50.6 Å². The van der Waals surface area contributed by atoms with E-state index < -0.39 is 17.6 Å². The van der Waals surface area contributed by atoms with Crippen LogP contribution in [0, 0.1) is 0 Å². The molecule has 1 aliphatic rings. The predicted octanol–water partition coefficient (Wildman–Crippen LogP) is 3.04. The van der Waals surface area contributed by atoms with Gasteiger partial charge in [0.1, 0.15) is 0 Å². The monoisotopic (exact) mass is 392 g/mol. The molecule has 0 saturated carbocycles. The summed E-state index contributed by atoms with van der Waals surface area (Å²) >= 11 is 0. The number of nitrogens with zero attached hydrogens (tertiary/aromatic N) is 2. The topological polar surface area (TPSA) is 61.6 Å². The zero-order chi connectivity index (χ0) is 20.1. The number of halogens is 3. The second kappa shape index (κ2) is 8.52. The summed E-state index contributed by atoms with van der Waals surface area (Å²) in [5.74, 6) is -0.757. The number of benzene rings is 2. The molecule has 5 nitrogen and oxygen atoms in total. The smallest absolute Gasteiger partial charge is 0.383 e. The van der Waals surface area contributed by atoms with Gasteiger partial charge in [0.2, 0.25) is 0 Å². The summed E-state index contributed by atoms with van der Waals surface area (Å²) < 4.78 is 38.8. The number of carbonyl (C=O) groups excluding carboxylic acids is 1. The van der Waals surface area contributed by atoms with Crippen molar-refractivity contribution in [2.24, 2.45) is 5.73 Å². The summed E-state index contributed by atoms with van der Waals surface area (Å²) in [6.45, 7) is 4.59. The van der Waals surface area contributed by atoms with Crippen LogP contribution in [0.1, 0.15) is 15.9 Å². The van der Waals surface area contributed by atoms with Crippen molar-refractivity contribution in [2.45, 2.75) is 6.18 Å². The first-order valence-corrected chi connectivity index (χ1v) is 9.12. The van der Waals surface area contributed by atoms with E-state index in [-0.39, 0.29) is 11.3 Å². The van der Waals surface area contributed by atoms with Gasteiger partial charge in [0.15, 0.2) is 0 Å². The number of hydrogen-bond donors (Lipinski definition) is 2. The molecule has 0 atom stereocenters. The fraction of sp³-hybridized carbons (Fsp3) is 0.350. The molecule has 150 valence electrons. The van der Waals surface area contributed by atoms with E-state index in [1.807, 2.05) is 18.2 Å². The van der Waals surface area contributed by atoms with Crippen molar-refractivity contribution < 1.29 is 18.0 Å². The molecule has 2 aromatic carbocycles. The number of hydrogen-bond acceptors (Lipinski definition) is 4. The molecule has 1 aliphatic heterocycles. The van der Waals surface area contributed by atoms with E-state index >= 15 is 0 Å². The lowest BCUT2D eigenvalue weighted by atomic mass is 10.1. The molecular weight excluding hydrogens is 369 g/mol. The van der Waals surface area contributed by atoms with Crippen LogP contribution >= 0.6 is 0 Å². The van der Waals surface area contributed by atoms with Crippen molar-refractivity contribution in [3.63, 3.8) is 0 Å². The lowest BCUT2D eigenvalue weighted by Gasteiger charge is -2.36. The van der Waals surface area contributed by atoms with E-state index in [1.165, 1.54) is 5.69 Å². The molecule has 0 aromatic heterocycles. The van der Waals surface area contributed by atoms with E-state index in [2.05, 4.69) is 27.2 Å². The predicted molar refractivity (Wildman–Crippen MR) is 104 cm³/mol. The molecule has 0 unspecified atom stereocenters. The van der Waals surface area contributed by atoms with Crippen LogP contribution in [0.25, 0.3) is 0 Å². The first kappa shape index (κ1) is 20.0. The Hall–Kier alpha value is -2.74. The third-order valence-corrected chi connectivity index (χ3v) is 4.85. The van der Waals surface area contributed by atoms with Crippen molar-refractivity contribution in [3.8, 4) is 0 Å². The Morgan fingerprint density at radius 3 is 2.32 bits per heavy atom. The van der Waals surface area contributed by atoms with Crippen LogP contribution in [0.15, 0.2) is 48.5 Å². The van der Waals surface area contributed by atoms with Crippen molar-refractivity contribution in [3.05, 3.63) is 59.7 Å². The highest BCUT2D eigenvalue weighted by atomic mass is 19.4. The lowest BCUT2D eigenvalue weighted by Crippen LogP contribution is -2.47. The Kier molecular flexibility index (Phi) is 6.08. The zero-order valence-corrected chi connectivity index (χ0v) is 15.4. The number of alkyl halides is 3. The summed E-state index contributed by atoms with van der Waals surface area (Å²) in [6.07, 6.45) is -4.47. The number of amides is 1. The van der Waals surface area contributed by atoms with Crippen molar-refractivity contribution in [2.75, 3.05) is 49.5 Å². The molecule has 3 N–H and O–H groups in total. The minimum absolute atomic E-state index is 0.0573. The van der Waals surface area contributed by atoms with Crippen LogP contribution in [0.3, 0.4) is 0 Å². The van der Waals surface area contributed by atoms with Gasteiger partial charge in [0.05, 0.1) is 11.1 Å². The van der Waals surface area contributed by atoms with E-state index in [0.717, 1.165) is 44.4 Å². The third-order valence-electron chi connectivity index (χ3n) is 4.85. The van der Waals surface area contributed by atoms with Gasteiger partial charge in [-0.05, 0) is 30.3 Å². The van der Waals surface area contributed by atoms with Crippen molar-refractivity contribution >= 4 is 17.3 Å². The van der Waals surface area contributed by atoms with Gasteiger partial charge in [-0.2, -0.15) is 13.2 Å². The second-order valence-electron chi connectivity index (χ2n) is 6.71. The van der Waals surface area contributed by atoms with Crippen molar-refractivity contribution in [1.29, 1.82) is 0 Å². The normalized spacial score (nSPS) is 15.5. The van der Waals surface area contributed by atoms with Crippen molar-refractivity contribution in [1.82, 2.24) is 4.90 Å². The molecule has 1 heterocycles. The van der Waals surface area contributed by atoms with E-state index in [1.54, 1.807) is 0 Å². The molecule has 28 heavy (non-hydrogen) atoms. The molecule has 0 spiro atoms. The molecular formula is C20H23F3N4O. The summed E-state index contributed by atoms with van der Waals surface area (Å²) in [7, 11) is 0. The number of nitrogens with one attached hydrogen (secondary N) is 1. The van der Waals surface area contributed by atoms with Crippen LogP contribution in [0.4, 0.5) is 24.5 Å². The molecule has 1 fully saturated rings. The highest BCUT2D eigenvalue weighted by molar-refractivity contribution is 5.98. The SMILES string of the molecule is NC(=O)c1ccc(C(F)(F)F)cc1NCCN1CCN(c2ccccc2)CC1. The Bertz CT molecular complexity index is 803. The first-order chi connectivity index (χ1) is 13.3. The number of anilines is 2. The maximum Gasteiger partial charge on any atom is 0.416 e. The number of carbonyl (C=O) groups is 1. The number of para-hydroxylation sites is 1. The Morgan fingerprint density at radius 1 is 1.04 bits per heavy atom. The molecule has 0 radical (unpaired) electrons. The maximum absolute atomic E-state index is 12.9. The van der Waals surface area contributed by atoms with Crippen LogP contribution in [-0.4, -0.2) is 50.1 Å². The fourth-order valence-corrected chi connectivity index (χ4v) is 3.30. The van der Waals surface area contributed by atoms with E-state index in [0.29, 0.717) is 13.1 Å². The highest BCUT2D eigenvalue weighted by Crippen LogP contribution is 2.32. The third kappa shape index (κ3) is 4.95. The molecule has 3 rings (SSSR count). The standard InChI is InChI=1S/C20H23F3N4O/c21-20(22,23)15-6-7-17(19(24)28)18(14-15)25-8-9-26-10-12-27(13-11-26)16-4-2-1-3-5-16/h1-7,14,25H,8-13H2,(H2,24,28). The quantitative estimate of drug-likeness (QED) is 0.793. The molecule has 1 amide bonds. The van der Waals surface area contributed by atoms with Gasteiger partial charge in [0.25, 0.3) is 5.91 Å². The van der Waals surface area contributed by atoms with Gasteiger partial charge in [-0.3, -0.25) is 9.69 Å². The maximum atomic E-state index is 12.9. The minimum Gasteiger partial charge on any atom is -0.383 e. The van der Waals surface area contributed by atoms with Crippen LogP contribution in [-0.2, 0) is 6.18 Å². The second-order valence-corrected chi connectivity index (χ2v) is 6.71. The first-order valence-electron chi connectivity index (χ1n) is 9.12. The Labute approximate surface area is 161 Å². The fourth-order valence-electron chi connectivity index (χ4n) is 3.30. The molecule has 0 aliphatic carbocycles. The summed E-state index contributed by atoms with van der Waals surface area (Å²) in [5.41, 5.74) is 5.84. The Balaban J connectivity index is 1.54. The lowest BCUT2D eigenvalue weighted by molar-refractivity contribution is -0.137. The molecule has 1 saturated heterocycles. The van der Waals surface area contributed by atoms with Gasteiger partial charge in [-0.1, -0.05) is 18.2 Å². The van der Waals surface area contributed by atoms with Crippen LogP contribution in [0.2, 0.25) is 0 Å². The van der Waals surface area contributed by atoms with Crippen LogP contribution in [0.5, 0.6) is 0 Å². The number of primary amides is 1. The molecule has 2 aromatic rings. The molecule has 0 bridgehead atoms. The van der Waals surface area contributed by atoms with Gasteiger partial charge < -0.3 is 16.0 Å². The average molecular weight is 392 g/mol. The van der Waals surface area contributed by atoms with Gasteiger partial charge in [-0.25, -0.2) is 0 Å². The minimum atomic E-state index is -4.47. The van der Waals surface area contributed by atoms with Gasteiger partial charge in [-0.15, -0.1) is 0 Å². The molecule has 8 heteroatoms. The van der Waals surface area contributed by atoms with E-state index in [4.69, 9.17) is 5.73 Å². The zero-order valence-electron chi connectivity index (χ0n) is 15.4.